The van der Waals surface area contributed by atoms with Gasteiger partial charge in [-0.2, -0.15) is 0 Å². The van der Waals surface area contributed by atoms with Crippen LogP contribution in [-0.2, 0) is 4.79 Å². The molecule has 1 atom stereocenters. The third-order valence-corrected chi connectivity index (χ3v) is 4.78. The van der Waals surface area contributed by atoms with Gasteiger partial charge in [0, 0.05) is 16.9 Å². The molecule has 0 saturated carbocycles. The Kier molecular flexibility index (Phi) is 4.81. The summed E-state index contributed by atoms with van der Waals surface area (Å²) in [5.74, 6) is 0.0348. The number of anilines is 1. The number of thioether (sulfide) groups is 1. The van der Waals surface area contributed by atoms with Crippen LogP contribution in [0.15, 0.2) is 23.1 Å². The van der Waals surface area contributed by atoms with Gasteiger partial charge in [-0.3, -0.25) is 9.59 Å². The molecule has 1 amide bonds. The van der Waals surface area contributed by atoms with Crippen molar-refractivity contribution in [3.05, 3.63) is 23.8 Å². The fourth-order valence-electron chi connectivity index (χ4n) is 2.28. The number of alkyl halides is 1. The molecule has 0 radical (unpaired) electrons. The predicted molar refractivity (Wildman–Crippen MR) is 79.3 cm³/mol. The molecule has 1 aromatic carbocycles. The Morgan fingerprint density at radius 2 is 2.15 bits per heavy atom. The largest absolute Gasteiger partial charge is 0.308 e. The van der Waals surface area contributed by atoms with E-state index in [0.29, 0.717) is 18.4 Å². The SMILES string of the molecule is CCC(=O)c1ccc2c(c1)SC(CC)C(=O)N2CCF. The van der Waals surface area contributed by atoms with E-state index in [-0.39, 0.29) is 23.5 Å². The minimum absolute atomic E-state index is 0.0442. The van der Waals surface area contributed by atoms with E-state index in [1.165, 1.54) is 16.7 Å². The molecule has 0 aromatic heterocycles. The van der Waals surface area contributed by atoms with Crippen molar-refractivity contribution in [3.8, 4) is 0 Å². The van der Waals surface area contributed by atoms with Gasteiger partial charge < -0.3 is 4.90 Å². The number of carbonyl (C=O) groups excluding carboxylic acids is 2. The molecule has 1 aromatic rings. The summed E-state index contributed by atoms with van der Waals surface area (Å²) in [5.41, 5.74) is 1.37. The lowest BCUT2D eigenvalue weighted by atomic mass is 10.1. The molecule has 5 heteroatoms. The maximum absolute atomic E-state index is 12.7. The number of benzene rings is 1. The summed E-state index contributed by atoms with van der Waals surface area (Å²) in [6, 6.07) is 5.30. The molecule has 0 aliphatic carbocycles. The Morgan fingerprint density at radius 3 is 2.75 bits per heavy atom. The van der Waals surface area contributed by atoms with Gasteiger partial charge in [0.2, 0.25) is 5.91 Å². The van der Waals surface area contributed by atoms with E-state index < -0.39 is 6.67 Å². The van der Waals surface area contributed by atoms with Crippen LogP contribution in [0.5, 0.6) is 0 Å². The fraction of sp³-hybridized carbons (Fsp3) is 0.467. The van der Waals surface area contributed by atoms with Crippen LogP contribution in [0.1, 0.15) is 37.0 Å². The number of hydrogen-bond donors (Lipinski definition) is 0. The van der Waals surface area contributed by atoms with Crippen LogP contribution in [-0.4, -0.2) is 30.2 Å². The summed E-state index contributed by atoms with van der Waals surface area (Å²) in [5, 5.41) is -0.193. The Labute approximate surface area is 122 Å². The monoisotopic (exact) mass is 295 g/mol. The maximum atomic E-state index is 12.7. The molecule has 0 N–H and O–H groups in total. The minimum atomic E-state index is -0.568. The van der Waals surface area contributed by atoms with Gasteiger partial charge in [-0.05, 0) is 24.6 Å². The van der Waals surface area contributed by atoms with Crippen molar-refractivity contribution in [1.82, 2.24) is 0 Å². The summed E-state index contributed by atoms with van der Waals surface area (Å²) in [6.45, 7) is 3.27. The van der Waals surface area contributed by atoms with Crippen molar-refractivity contribution in [2.24, 2.45) is 0 Å². The minimum Gasteiger partial charge on any atom is -0.308 e. The zero-order chi connectivity index (χ0) is 14.7. The van der Waals surface area contributed by atoms with Crippen molar-refractivity contribution in [2.75, 3.05) is 18.1 Å². The van der Waals surface area contributed by atoms with Crippen LogP contribution < -0.4 is 4.90 Å². The van der Waals surface area contributed by atoms with Gasteiger partial charge in [0.05, 0.1) is 17.5 Å². The molecule has 1 aliphatic rings. The molecule has 20 heavy (non-hydrogen) atoms. The summed E-state index contributed by atoms with van der Waals surface area (Å²) in [4.78, 5) is 26.4. The number of hydrogen-bond acceptors (Lipinski definition) is 3. The molecule has 1 aliphatic heterocycles. The van der Waals surface area contributed by atoms with E-state index in [1.807, 2.05) is 19.9 Å². The molecule has 1 heterocycles. The van der Waals surface area contributed by atoms with Gasteiger partial charge in [0.25, 0.3) is 0 Å². The first-order chi connectivity index (χ1) is 9.62. The van der Waals surface area contributed by atoms with Crippen molar-refractivity contribution in [1.29, 1.82) is 0 Å². The van der Waals surface area contributed by atoms with E-state index in [2.05, 4.69) is 0 Å². The van der Waals surface area contributed by atoms with Crippen LogP contribution in [0.3, 0.4) is 0 Å². The average Bonchev–Trinajstić information content (AvgIpc) is 2.48. The number of ketones is 1. The van der Waals surface area contributed by atoms with Crippen LogP contribution in [0.4, 0.5) is 10.1 Å². The quantitative estimate of drug-likeness (QED) is 0.781. The Bertz CT molecular complexity index is 533. The highest BCUT2D eigenvalue weighted by Gasteiger charge is 2.32. The van der Waals surface area contributed by atoms with Gasteiger partial charge in [-0.25, -0.2) is 4.39 Å². The number of nitrogens with zero attached hydrogens (tertiary/aromatic N) is 1. The van der Waals surface area contributed by atoms with E-state index >= 15 is 0 Å². The Balaban J connectivity index is 2.42. The topological polar surface area (TPSA) is 37.4 Å². The summed E-state index contributed by atoms with van der Waals surface area (Å²) in [6.07, 6.45) is 1.14. The zero-order valence-electron chi connectivity index (χ0n) is 11.7. The summed E-state index contributed by atoms with van der Waals surface area (Å²) >= 11 is 1.47. The molecule has 108 valence electrons. The van der Waals surface area contributed by atoms with Gasteiger partial charge in [-0.15, -0.1) is 11.8 Å². The molecule has 3 nitrogen and oxygen atoms in total. The number of Topliss-reactive ketones (excluding diaryl/α,β-unsaturated/α-hetero) is 1. The second-order valence-electron chi connectivity index (χ2n) is 4.65. The first-order valence-corrected chi connectivity index (χ1v) is 7.71. The first-order valence-electron chi connectivity index (χ1n) is 6.83. The van der Waals surface area contributed by atoms with Crippen LogP contribution in [0.25, 0.3) is 0 Å². The summed E-state index contributed by atoms with van der Waals surface area (Å²) < 4.78 is 12.7. The fourth-order valence-corrected chi connectivity index (χ4v) is 3.47. The average molecular weight is 295 g/mol. The lowest BCUT2D eigenvalue weighted by Gasteiger charge is -2.33. The predicted octanol–water partition coefficient (Wildman–Crippen LogP) is 3.47. The second-order valence-corrected chi connectivity index (χ2v) is 5.90. The highest BCUT2D eigenvalue weighted by Crippen LogP contribution is 2.40. The zero-order valence-corrected chi connectivity index (χ0v) is 12.5. The molecule has 0 spiro atoms. The molecule has 0 fully saturated rings. The lowest BCUT2D eigenvalue weighted by molar-refractivity contribution is -0.118. The molecular weight excluding hydrogens is 277 g/mol. The molecular formula is C15H18FNO2S. The number of rotatable bonds is 5. The van der Waals surface area contributed by atoms with Gasteiger partial charge in [-0.1, -0.05) is 13.8 Å². The molecule has 0 bridgehead atoms. The molecule has 0 saturated heterocycles. The van der Waals surface area contributed by atoms with E-state index in [0.717, 1.165) is 10.6 Å². The van der Waals surface area contributed by atoms with Crippen molar-refractivity contribution >= 4 is 29.1 Å². The molecule has 2 rings (SSSR count). The van der Waals surface area contributed by atoms with Crippen molar-refractivity contribution < 1.29 is 14.0 Å². The smallest absolute Gasteiger partial charge is 0.240 e. The Morgan fingerprint density at radius 1 is 1.40 bits per heavy atom. The first kappa shape index (κ1) is 15.0. The number of carbonyl (C=O) groups is 2. The van der Waals surface area contributed by atoms with Gasteiger partial charge in [0.1, 0.15) is 6.67 Å². The van der Waals surface area contributed by atoms with Crippen molar-refractivity contribution in [2.45, 2.75) is 36.8 Å². The Hall–Kier alpha value is -1.36. The van der Waals surface area contributed by atoms with E-state index in [4.69, 9.17) is 0 Å². The van der Waals surface area contributed by atoms with Crippen LogP contribution >= 0.6 is 11.8 Å². The number of amides is 1. The number of fused-ring (bicyclic) bond motifs is 1. The van der Waals surface area contributed by atoms with Gasteiger partial charge >= 0.3 is 0 Å². The third-order valence-electron chi connectivity index (χ3n) is 3.38. The second kappa shape index (κ2) is 6.39. The highest BCUT2D eigenvalue weighted by atomic mass is 32.2. The van der Waals surface area contributed by atoms with Crippen LogP contribution in [0.2, 0.25) is 0 Å². The number of halogens is 1. The van der Waals surface area contributed by atoms with E-state index in [1.54, 1.807) is 12.1 Å². The molecule has 1 unspecified atom stereocenters. The van der Waals surface area contributed by atoms with Gasteiger partial charge in [0.15, 0.2) is 5.78 Å². The normalized spacial score (nSPS) is 18.1. The van der Waals surface area contributed by atoms with Crippen molar-refractivity contribution in [3.63, 3.8) is 0 Å². The standard InChI is InChI=1S/C15H18FNO2S/c1-3-12(18)10-5-6-11-14(9-10)20-13(4-2)15(19)17(11)8-7-16/h5-6,9,13H,3-4,7-8H2,1-2H3. The third kappa shape index (κ3) is 2.73. The van der Waals surface area contributed by atoms with Crippen LogP contribution in [0, 0.1) is 0 Å². The summed E-state index contributed by atoms with van der Waals surface area (Å²) in [7, 11) is 0. The highest BCUT2D eigenvalue weighted by molar-refractivity contribution is 8.01. The lowest BCUT2D eigenvalue weighted by Crippen LogP contribution is -2.42. The van der Waals surface area contributed by atoms with E-state index in [9.17, 15) is 14.0 Å². The maximum Gasteiger partial charge on any atom is 0.240 e.